The number of hydrogen-bond donors (Lipinski definition) is 1. The van der Waals surface area contributed by atoms with Crippen molar-refractivity contribution in [1.82, 2.24) is 9.97 Å². The number of aromatic nitrogens is 2. The highest BCUT2D eigenvalue weighted by atomic mass is 16.3. The summed E-state index contributed by atoms with van der Waals surface area (Å²) in [6.45, 7) is 4.24. The Balaban J connectivity index is 1.97. The van der Waals surface area contributed by atoms with Crippen molar-refractivity contribution in [3.8, 4) is 0 Å². The second-order valence-corrected chi connectivity index (χ2v) is 4.79. The predicted octanol–water partition coefficient (Wildman–Crippen LogP) is 3.96. The molecule has 1 atom stereocenters. The van der Waals surface area contributed by atoms with E-state index in [1.807, 2.05) is 18.2 Å². The molecule has 0 amide bonds. The minimum atomic E-state index is 0.0725. The van der Waals surface area contributed by atoms with E-state index in [0.717, 1.165) is 23.5 Å². The van der Waals surface area contributed by atoms with Crippen LogP contribution >= 0.6 is 0 Å². The minimum Gasteiger partial charge on any atom is -0.459 e. The maximum Gasteiger partial charge on any atom is 0.134 e. The Hall–Kier alpha value is -2.36. The SMILES string of the molecule is CCc1c(C(C)Nc2cncnc2)oc2ccccc12. The average Bonchev–Trinajstić information content (AvgIpc) is 2.87. The first-order chi connectivity index (χ1) is 9.79. The quantitative estimate of drug-likeness (QED) is 0.777. The maximum atomic E-state index is 6.02. The van der Waals surface area contributed by atoms with E-state index in [9.17, 15) is 0 Å². The lowest BCUT2D eigenvalue weighted by Gasteiger charge is -2.13. The molecular formula is C16H17N3O. The summed E-state index contributed by atoms with van der Waals surface area (Å²) in [7, 11) is 0. The van der Waals surface area contributed by atoms with Crippen LogP contribution in [0.2, 0.25) is 0 Å². The molecule has 0 saturated carbocycles. The normalized spacial score (nSPS) is 12.5. The number of benzene rings is 1. The Morgan fingerprint density at radius 3 is 2.70 bits per heavy atom. The predicted molar refractivity (Wildman–Crippen MR) is 79.7 cm³/mol. The summed E-state index contributed by atoms with van der Waals surface area (Å²) in [4.78, 5) is 8.03. The van der Waals surface area contributed by atoms with Crippen LogP contribution < -0.4 is 5.32 Å². The minimum absolute atomic E-state index is 0.0725. The molecule has 2 aromatic heterocycles. The fourth-order valence-electron chi connectivity index (χ4n) is 2.52. The van der Waals surface area contributed by atoms with Crippen LogP contribution in [0.3, 0.4) is 0 Å². The van der Waals surface area contributed by atoms with Crippen molar-refractivity contribution in [2.75, 3.05) is 5.32 Å². The molecule has 1 unspecified atom stereocenters. The molecule has 1 N–H and O–H groups in total. The van der Waals surface area contributed by atoms with Gasteiger partial charge in [-0.25, -0.2) is 9.97 Å². The smallest absolute Gasteiger partial charge is 0.134 e. The van der Waals surface area contributed by atoms with Crippen LogP contribution in [0.25, 0.3) is 11.0 Å². The lowest BCUT2D eigenvalue weighted by molar-refractivity contribution is 0.520. The zero-order valence-corrected chi connectivity index (χ0v) is 11.6. The molecule has 0 aliphatic carbocycles. The summed E-state index contributed by atoms with van der Waals surface area (Å²) in [5, 5.41) is 4.57. The van der Waals surface area contributed by atoms with Gasteiger partial charge in [0.15, 0.2) is 0 Å². The first-order valence-corrected chi connectivity index (χ1v) is 6.81. The lowest BCUT2D eigenvalue weighted by atomic mass is 10.1. The molecule has 4 heteroatoms. The Labute approximate surface area is 117 Å². The van der Waals surface area contributed by atoms with Crippen molar-refractivity contribution in [3.63, 3.8) is 0 Å². The molecule has 102 valence electrons. The third kappa shape index (κ3) is 2.25. The van der Waals surface area contributed by atoms with Crippen LogP contribution in [0.1, 0.15) is 31.2 Å². The Morgan fingerprint density at radius 1 is 1.20 bits per heavy atom. The molecule has 0 radical (unpaired) electrons. The molecule has 2 heterocycles. The van der Waals surface area contributed by atoms with E-state index in [1.165, 1.54) is 17.3 Å². The Bertz CT molecular complexity index is 706. The average molecular weight is 267 g/mol. The molecular weight excluding hydrogens is 250 g/mol. The Kier molecular flexibility index (Phi) is 3.37. The van der Waals surface area contributed by atoms with Gasteiger partial charge in [0.2, 0.25) is 0 Å². The largest absolute Gasteiger partial charge is 0.459 e. The number of para-hydroxylation sites is 1. The number of aryl methyl sites for hydroxylation is 1. The molecule has 3 rings (SSSR count). The summed E-state index contributed by atoms with van der Waals surface area (Å²) >= 11 is 0. The van der Waals surface area contributed by atoms with E-state index in [1.54, 1.807) is 12.4 Å². The molecule has 0 spiro atoms. The van der Waals surface area contributed by atoms with Gasteiger partial charge in [0.25, 0.3) is 0 Å². The van der Waals surface area contributed by atoms with Gasteiger partial charge in [-0.1, -0.05) is 25.1 Å². The van der Waals surface area contributed by atoms with E-state index in [2.05, 4.69) is 35.2 Å². The van der Waals surface area contributed by atoms with Crippen LogP contribution in [-0.4, -0.2) is 9.97 Å². The summed E-state index contributed by atoms with van der Waals surface area (Å²) in [6, 6.07) is 8.24. The number of furan rings is 1. The Morgan fingerprint density at radius 2 is 1.95 bits per heavy atom. The van der Waals surface area contributed by atoms with Crippen molar-refractivity contribution in [3.05, 3.63) is 54.3 Å². The third-order valence-corrected chi connectivity index (χ3v) is 3.42. The van der Waals surface area contributed by atoms with Crippen molar-refractivity contribution < 1.29 is 4.42 Å². The van der Waals surface area contributed by atoms with Gasteiger partial charge in [-0.2, -0.15) is 0 Å². The molecule has 20 heavy (non-hydrogen) atoms. The first-order valence-electron chi connectivity index (χ1n) is 6.81. The standard InChI is InChI=1S/C16H17N3O/c1-3-13-14-6-4-5-7-15(14)20-16(13)11(2)19-12-8-17-10-18-9-12/h4-11,19H,3H2,1-2H3. The van der Waals surface area contributed by atoms with E-state index in [-0.39, 0.29) is 6.04 Å². The first kappa shape index (κ1) is 12.7. The summed E-state index contributed by atoms with van der Waals surface area (Å²) in [5.74, 6) is 0.984. The van der Waals surface area contributed by atoms with Crippen LogP contribution in [0.5, 0.6) is 0 Å². The van der Waals surface area contributed by atoms with Gasteiger partial charge in [0.1, 0.15) is 17.7 Å². The lowest BCUT2D eigenvalue weighted by Crippen LogP contribution is -2.08. The van der Waals surface area contributed by atoms with Crippen LogP contribution in [0.4, 0.5) is 5.69 Å². The zero-order chi connectivity index (χ0) is 13.9. The topological polar surface area (TPSA) is 51.0 Å². The van der Waals surface area contributed by atoms with E-state index < -0.39 is 0 Å². The van der Waals surface area contributed by atoms with Gasteiger partial charge in [0.05, 0.1) is 24.1 Å². The van der Waals surface area contributed by atoms with Gasteiger partial charge in [0, 0.05) is 10.9 Å². The number of nitrogens with one attached hydrogen (secondary N) is 1. The highest BCUT2D eigenvalue weighted by Crippen LogP contribution is 2.31. The van der Waals surface area contributed by atoms with Crippen molar-refractivity contribution in [2.24, 2.45) is 0 Å². The van der Waals surface area contributed by atoms with E-state index in [0.29, 0.717) is 0 Å². The van der Waals surface area contributed by atoms with Gasteiger partial charge in [-0.05, 0) is 19.4 Å². The number of fused-ring (bicyclic) bond motifs is 1. The molecule has 1 aromatic carbocycles. The molecule has 0 aliphatic rings. The summed E-state index contributed by atoms with van der Waals surface area (Å²) < 4.78 is 6.02. The van der Waals surface area contributed by atoms with Crippen molar-refractivity contribution in [1.29, 1.82) is 0 Å². The number of anilines is 1. The fourth-order valence-corrected chi connectivity index (χ4v) is 2.52. The summed E-state index contributed by atoms with van der Waals surface area (Å²) in [6.07, 6.45) is 5.99. The maximum absolute atomic E-state index is 6.02. The number of nitrogens with zero attached hydrogens (tertiary/aromatic N) is 2. The molecule has 0 fully saturated rings. The van der Waals surface area contributed by atoms with Gasteiger partial charge >= 0.3 is 0 Å². The third-order valence-electron chi connectivity index (χ3n) is 3.42. The molecule has 0 bridgehead atoms. The number of hydrogen-bond acceptors (Lipinski definition) is 4. The van der Waals surface area contributed by atoms with Gasteiger partial charge in [-0.3, -0.25) is 0 Å². The molecule has 0 saturated heterocycles. The molecule has 4 nitrogen and oxygen atoms in total. The van der Waals surface area contributed by atoms with Crippen LogP contribution in [-0.2, 0) is 6.42 Å². The molecule has 3 aromatic rings. The monoisotopic (exact) mass is 267 g/mol. The van der Waals surface area contributed by atoms with Crippen LogP contribution in [0.15, 0.2) is 47.4 Å². The van der Waals surface area contributed by atoms with Gasteiger partial charge < -0.3 is 9.73 Å². The second-order valence-electron chi connectivity index (χ2n) is 4.79. The van der Waals surface area contributed by atoms with E-state index >= 15 is 0 Å². The summed E-state index contributed by atoms with van der Waals surface area (Å²) in [5.41, 5.74) is 3.09. The fraction of sp³-hybridized carbons (Fsp3) is 0.250. The van der Waals surface area contributed by atoms with E-state index in [4.69, 9.17) is 4.42 Å². The second kappa shape index (κ2) is 5.33. The zero-order valence-electron chi connectivity index (χ0n) is 11.6. The molecule has 0 aliphatic heterocycles. The van der Waals surface area contributed by atoms with Gasteiger partial charge in [-0.15, -0.1) is 0 Å². The highest BCUT2D eigenvalue weighted by molar-refractivity contribution is 5.82. The van der Waals surface area contributed by atoms with Crippen molar-refractivity contribution in [2.45, 2.75) is 26.3 Å². The highest BCUT2D eigenvalue weighted by Gasteiger charge is 2.18. The number of rotatable bonds is 4. The van der Waals surface area contributed by atoms with Crippen molar-refractivity contribution >= 4 is 16.7 Å². The van der Waals surface area contributed by atoms with Crippen LogP contribution in [0, 0.1) is 0 Å².